The van der Waals surface area contributed by atoms with Gasteiger partial charge in [-0.1, -0.05) is 0 Å². The largest absolute Gasteiger partial charge is 0.416 e. The van der Waals surface area contributed by atoms with Gasteiger partial charge >= 0.3 is 6.18 Å². The highest BCUT2D eigenvalue weighted by Crippen LogP contribution is 2.34. The van der Waals surface area contributed by atoms with E-state index in [9.17, 15) is 18.4 Å². The minimum absolute atomic E-state index is 0.251. The second kappa shape index (κ2) is 5.55. The summed E-state index contributed by atoms with van der Waals surface area (Å²) in [6, 6.07) is 7.34. The first kappa shape index (κ1) is 14.8. The first-order valence-corrected chi connectivity index (χ1v) is 7.85. The third-order valence-electron chi connectivity index (χ3n) is 2.92. The minimum Gasteiger partial charge on any atom is -0.235 e. The molecule has 3 aromatic rings. The quantitative estimate of drug-likeness (QED) is 0.584. The molecular formula is C15H7F3N2S2. The third kappa shape index (κ3) is 2.89. The van der Waals surface area contributed by atoms with Gasteiger partial charge in [0.15, 0.2) is 0 Å². The molecule has 0 fully saturated rings. The number of thiophene rings is 1. The zero-order valence-corrected chi connectivity index (χ0v) is 12.5. The van der Waals surface area contributed by atoms with Crippen molar-refractivity contribution in [3.63, 3.8) is 0 Å². The van der Waals surface area contributed by atoms with Gasteiger partial charge in [-0.3, -0.25) is 0 Å². The van der Waals surface area contributed by atoms with E-state index in [0.717, 1.165) is 17.7 Å². The van der Waals surface area contributed by atoms with Crippen molar-refractivity contribution in [1.29, 1.82) is 5.26 Å². The van der Waals surface area contributed by atoms with E-state index in [1.807, 2.05) is 16.8 Å². The van der Waals surface area contributed by atoms with Gasteiger partial charge < -0.3 is 0 Å². The predicted octanol–water partition coefficient (Wildman–Crippen LogP) is 5.44. The highest BCUT2D eigenvalue weighted by atomic mass is 32.1. The highest BCUT2D eigenvalue weighted by molar-refractivity contribution is 7.19. The summed E-state index contributed by atoms with van der Waals surface area (Å²) in [4.78, 5) is 4.17. The fourth-order valence-electron chi connectivity index (χ4n) is 1.88. The van der Waals surface area contributed by atoms with Gasteiger partial charge in [-0.15, -0.1) is 11.3 Å². The van der Waals surface area contributed by atoms with E-state index in [1.54, 1.807) is 6.08 Å². The number of benzene rings is 1. The van der Waals surface area contributed by atoms with E-state index >= 15 is 0 Å². The van der Waals surface area contributed by atoms with Crippen molar-refractivity contribution in [2.24, 2.45) is 0 Å². The summed E-state index contributed by atoms with van der Waals surface area (Å²) in [6.07, 6.45) is -2.72. The molecule has 0 atom stereocenters. The SMILES string of the molecule is N#C/C(=C\c1ccsc1)c1nc2cc(C(F)(F)F)ccc2s1. The van der Waals surface area contributed by atoms with Gasteiger partial charge in [0.05, 0.1) is 21.4 Å². The fourth-order valence-corrected chi connectivity index (χ4v) is 3.41. The number of hydrogen-bond acceptors (Lipinski definition) is 4. The number of halogens is 3. The summed E-state index contributed by atoms with van der Waals surface area (Å²) in [6.45, 7) is 0. The second-order valence-electron chi connectivity index (χ2n) is 4.43. The van der Waals surface area contributed by atoms with Crippen LogP contribution in [0.4, 0.5) is 13.2 Å². The molecule has 0 saturated heterocycles. The third-order valence-corrected chi connectivity index (χ3v) is 4.69. The Labute approximate surface area is 131 Å². The molecule has 2 aromatic heterocycles. The lowest BCUT2D eigenvalue weighted by Gasteiger charge is -2.04. The van der Waals surface area contributed by atoms with Gasteiger partial charge in [0.25, 0.3) is 0 Å². The van der Waals surface area contributed by atoms with Crippen molar-refractivity contribution >= 4 is 44.5 Å². The van der Waals surface area contributed by atoms with Crippen LogP contribution in [0.15, 0.2) is 35.0 Å². The Hall–Kier alpha value is -2.17. The molecule has 0 spiro atoms. The van der Waals surface area contributed by atoms with Gasteiger partial charge in [-0.25, -0.2) is 4.98 Å². The average Bonchev–Trinajstić information content (AvgIpc) is 3.11. The Morgan fingerprint density at radius 3 is 2.73 bits per heavy atom. The second-order valence-corrected chi connectivity index (χ2v) is 6.24. The van der Waals surface area contributed by atoms with Crippen molar-refractivity contribution in [2.75, 3.05) is 0 Å². The van der Waals surface area contributed by atoms with Crippen LogP contribution in [0.3, 0.4) is 0 Å². The number of fused-ring (bicyclic) bond motifs is 1. The number of nitriles is 1. The standard InChI is InChI=1S/C15H7F3N2S2/c16-15(17,18)11-1-2-13-12(6-11)20-14(22-13)10(7-19)5-9-3-4-21-8-9/h1-6,8H/b10-5+. The van der Waals surface area contributed by atoms with E-state index < -0.39 is 11.7 Å². The monoisotopic (exact) mass is 336 g/mol. The van der Waals surface area contributed by atoms with Gasteiger partial charge in [-0.05, 0) is 46.7 Å². The number of alkyl halides is 3. The molecule has 0 saturated carbocycles. The van der Waals surface area contributed by atoms with Gasteiger partial charge in [0, 0.05) is 0 Å². The Bertz CT molecular complexity index is 884. The lowest BCUT2D eigenvalue weighted by molar-refractivity contribution is -0.137. The van der Waals surface area contributed by atoms with Crippen LogP contribution in [-0.2, 0) is 6.18 Å². The van der Waals surface area contributed by atoms with Crippen LogP contribution in [0.5, 0.6) is 0 Å². The molecule has 7 heteroatoms. The molecule has 0 aliphatic heterocycles. The molecule has 3 rings (SSSR count). The Morgan fingerprint density at radius 2 is 2.09 bits per heavy atom. The topological polar surface area (TPSA) is 36.7 Å². The summed E-state index contributed by atoms with van der Waals surface area (Å²) in [5, 5.41) is 13.4. The molecule has 110 valence electrons. The van der Waals surface area contributed by atoms with Crippen LogP contribution in [0.2, 0.25) is 0 Å². The van der Waals surface area contributed by atoms with Crippen molar-refractivity contribution in [3.05, 3.63) is 51.2 Å². The van der Waals surface area contributed by atoms with Crippen LogP contribution < -0.4 is 0 Å². The number of rotatable bonds is 2. The predicted molar refractivity (Wildman–Crippen MR) is 82.4 cm³/mol. The van der Waals surface area contributed by atoms with Crippen LogP contribution >= 0.6 is 22.7 Å². The zero-order valence-electron chi connectivity index (χ0n) is 10.9. The van der Waals surface area contributed by atoms with E-state index in [1.165, 1.54) is 28.7 Å². The molecule has 2 nitrogen and oxygen atoms in total. The average molecular weight is 336 g/mol. The molecule has 0 aliphatic rings. The number of nitrogens with zero attached hydrogens (tertiary/aromatic N) is 2. The van der Waals surface area contributed by atoms with E-state index in [-0.39, 0.29) is 5.52 Å². The maximum atomic E-state index is 12.7. The number of thiazole rings is 1. The first-order chi connectivity index (χ1) is 10.5. The molecule has 0 aliphatic carbocycles. The van der Waals surface area contributed by atoms with Gasteiger partial charge in [0.1, 0.15) is 11.1 Å². The summed E-state index contributed by atoms with van der Waals surface area (Å²) in [5.74, 6) is 0. The van der Waals surface area contributed by atoms with Crippen LogP contribution in [0.1, 0.15) is 16.1 Å². The fraction of sp³-hybridized carbons (Fsp3) is 0.0667. The Kier molecular flexibility index (Phi) is 3.72. The van der Waals surface area contributed by atoms with Crippen molar-refractivity contribution < 1.29 is 13.2 Å². The zero-order chi connectivity index (χ0) is 15.7. The number of hydrogen-bond donors (Lipinski definition) is 0. The van der Waals surface area contributed by atoms with Crippen molar-refractivity contribution in [2.45, 2.75) is 6.18 Å². The lowest BCUT2D eigenvalue weighted by Crippen LogP contribution is -2.03. The Morgan fingerprint density at radius 1 is 1.27 bits per heavy atom. The maximum absolute atomic E-state index is 12.7. The number of aromatic nitrogens is 1. The van der Waals surface area contributed by atoms with Crippen molar-refractivity contribution in [3.8, 4) is 6.07 Å². The van der Waals surface area contributed by atoms with E-state index in [2.05, 4.69) is 11.1 Å². The van der Waals surface area contributed by atoms with E-state index in [4.69, 9.17) is 0 Å². The van der Waals surface area contributed by atoms with Gasteiger partial charge in [-0.2, -0.15) is 29.8 Å². The summed E-state index contributed by atoms with van der Waals surface area (Å²) in [7, 11) is 0. The molecule has 0 amide bonds. The molecule has 0 bridgehead atoms. The number of allylic oxidation sites excluding steroid dienone is 1. The van der Waals surface area contributed by atoms with Crippen LogP contribution in [0, 0.1) is 11.3 Å². The summed E-state index contributed by atoms with van der Waals surface area (Å²) in [5.41, 5.74) is 0.725. The van der Waals surface area contributed by atoms with Crippen LogP contribution in [-0.4, -0.2) is 4.98 Å². The molecule has 22 heavy (non-hydrogen) atoms. The Balaban J connectivity index is 2.07. The van der Waals surface area contributed by atoms with E-state index in [0.29, 0.717) is 15.3 Å². The molecule has 0 radical (unpaired) electrons. The minimum atomic E-state index is -4.40. The molecular weight excluding hydrogens is 329 g/mol. The molecule has 1 aromatic carbocycles. The molecule has 0 unspecified atom stereocenters. The maximum Gasteiger partial charge on any atom is 0.416 e. The summed E-state index contributed by atoms with van der Waals surface area (Å²) < 4.78 is 38.8. The lowest BCUT2D eigenvalue weighted by atomic mass is 10.2. The van der Waals surface area contributed by atoms with Crippen LogP contribution in [0.25, 0.3) is 21.9 Å². The first-order valence-electron chi connectivity index (χ1n) is 6.09. The summed E-state index contributed by atoms with van der Waals surface area (Å²) >= 11 is 2.71. The highest BCUT2D eigenvalue weighted by Gasteiger charge is 2.30. The normalized spacial score (nSPS) is 12.5. The smallest absolute Gasteiger partial charge is 0.235 e. The molecule has 0 N–H and O–H groups in total. The van der Waals surface area contributed by atoms with Crippen molar-refractivity contribution in [1.82, 2.24) is 4.98 Å². The van der Waals surface area contributed by atoms with Gasteiger partial charge in [0.2, 0.25) is 0 Å². The molecule has 2 heterocycles.